The molecule has 1 saturated heterocycles. The molecule has 10 heteroatoms. The molecule has 0 saturated carbocycles. The number of aliphatic imine (C=N–C) groups is 1. The van der Waals surface area contributed by atoms with Crippen molar-refractivity contribution in [3.8, 4) is 11.5 Å². The molecule has 9 nitrogen and oxygen atoms in total. The lowest BCUT2D eigenvalue weighted by atomic mass is 9.95. The molecule has 0 unspecified atom stereocenters. The number of aryl methyl sites for hydroxylation is 1. The summed E-state index contributed by atoms with van der Waals surface area (Å²) in [5, 5.41) is 6.15. The zero-order valence-electron chi connectivity index (χ0n) is 26.0. The van der Waals surface area contributed by atoms with Gasteiger partial charge in [-0.15, -0.1) is 0 Å². The molecule has 3 aromatic carbocycles. The second kappa shape index (κ2) is 13.5. The summed E-state index contributed by atoms with van der Waals surface area (Å²) in [6.07, 6.45) is 2.80. The number of benzene rings is 3. The van der Waals surface area contributed by atoms with E-state index in [2.05, 4.69) is 15.6 Å². The number of pyridine rings is 1. The fraction of sp³-hybridized carbons (Fsp3) is 0.278. The third-order valence-corrected chi connectivity index (χ3v) is 8.54. The maximum atomic E-state index is 15.1. The molecule has 46 heavy (non-hydrogen) atoms. The summed E-state index contributed by atoms with van der Waals surface area (Å²) in [4.78, 5) is 38.1. The van der Waals surface area contributed by atoms with Gasteiger partial charge < -0.3 is 20.1 Å². The summed E-state index contributed by atoms with van der Waals surface area (Å²) in [6, 6.07) is 20.5. The van der Waals surface area contributed by atoms with Gasteiger partial charge in [-0.3, -0.25) is 24.5 Å². The first-order valence-corrected chi connectivity index (χ1v) is 15.2. The Labute approximate surface area is 267 Å². The van der Waals surface area contributed by atoms with Gasteiger partial charge in [0.25, 0.3) is 5.91 Å². The van der Waals surface area contributed by atoms with Gasteiger partial charge in [-0.25, -0.2) is 4.39 Å². The van der Waals surface area contributed by atoms with Crippen molar-refractivity contribution in [3.63, 3.8) is 0 Å². The number of nitrogens with one attached hydrogen (secondary N) is 2. The number of hydrogen-bond donors (Lipinski definition) is 2. The minimum Gasteiger partial charge on any atom is -0.497 e. The number of carbonyl (C=O) groups excluding carboxylic acids is 2. The van der Waals surface area contributed by atoms with Gasteiger partial charge in [-0.05, 0) is 86.0 Å². The highest BCUT2D eigenvalue weighted by Gasteiger charge is 2.35. The molecule has 0 bridgehead atoms. The van der Waals surface area contributed by atoms with Crippen LogP contribution in [0.3, 0.4) is 0 Å². The third-order valence-electron chi connectivity index (χ3n) is 8.54. The van der Waals surface area contributed by atoms with Crippen LogP contribution in [-0.2, 0) is 17.9 Å². The molecule has 2 amide bonds. The maximum Gasteiger partial charge on any atom is 0.251 e. The molecular weight excluding hydrogens is 585 g/mol. The van der Waals surface area contributed by atoms with Crippen LogP contribution in [-0.4, -0.2) is 60.3 Å². The Balaban J connectivity index is 1.20. The van der Waals surface area contributed by atoms with Gasteiger partial charge in [-0.1, -0.05) is 12.1 Å². The maximum absolute atomic E-state index is 15.1. The van der Waals surface area contributed by atoms with E-state index in [0.29, 0.717) is 54.2 Å². The van der Waals surface area contributed by atoms with Crippen LogP contribution < -0.4 is 20.1 Å². The summed E-state index contributed by atoms with van der Waals surface area (Å²) in [7, 11) is 3.08. The van der Waals surface area contributed by atoms with Crippen molar-refractivity contribution < 1.29 is 23.5 Å². The van der Waals surface area contributed by atoms with Gasteiger partial charge in [0.1, 0.15) is 17.3 Å². The molecule has 1 fully saturated rings. The van der Waals surface area contributed by atoms with Gasteiger partial charge >= 0.3 is 0 Å². The second-order valence-electron chi connectivity index (χ2n) is 11.6. The Morgan fingerprint density at radius 1 is 1.00 bits per heavy atom. The quantitative estimate of drug-likeness (QED) is 0.263. The van der Waals surface area contributed by atoms with E-state index in [9.17, 15) is 9.59 Å². The SMILES string of the molecule is COc1ccc(NC(=O)[C@@H]2CC[C@@H](NC(=O)c3ccc4c(c3)C(c3ccnc(C)c3)=NC4)CN2Cc2c(F)cccc2OC)cc1. The van der Waals surface area contributed by atoms with Crippen LogP contribution in [0.25, 0.3) is 0 Å². The number of amides is 2. The number of aromatic nitrogens is 1. The molecule has 0 aliphatic carbocycles. The molecular formula is C36H36FN5O4. The van der Waals surface area contributed by atoms with Crippen molar-refractivity contribution in [3.05, 3.63) is 118 Å². The van der Waals surface area contributed by atoms with Crippen molar-refractivity contribution >= 4 is 23.2 Å². The Morgan fingerprint density at radius 3 is 2.59 bits per heavy atom. The van der Waals surface area contributed by atoms with E-state index in [4.69, 9.17) is 14.5 Å². The summed E-state index contributed by atoms with van der Waals surface area (Å²) in [6.45, 7) is 2.97. The largest absolute Gasteiger partial charge is 0.497 e. The molecule has 3 heterocycles. The van der Waals surface area contributed by atoms with Crippen molar-refractivity contribution in [1.29, 1.82) is 0 Å². The fourth-order valence-electron chi connectivity index (χ4n) is 6.15. The number of methoxy groups -OCH3 is 2. The number of rotatable bonds is 9. The number of fused-ring (bicyclic) bond motifs is 1. The molecule has 0 spiro atoms. The van der Waals surface area contributed by atoms with E-state index < -0.39 is 11.9 Å². The van der Waals surface area contributed by atoms with Crippen LogP contribution >= 0.6 is 0 Å². The fourth-order valence-corrected chi connectivity index (χ4v) is 6.15. The van der Waals surface area contributed by atoms with E-state index in [1.165, 1.54) is 13.2 Å². The molecule has 2 atom stereocenters. The molecule has 2 aliphatic heterocycles. The van der Waals surface area contributed by atoms with Gasteiger partial charge in [0.05, 0.1) is 32.5 Å². The van der Waals surface area contributed by atoms with Crippen LogP contribution in [0.15, 0.2) is 84.0 Å². The smallest absolute Gasteiger partial charge is 0.251 e. The lowest BCUT2D eigenvalue weighted by molar-refractivity contribution is -0.123. The third kappa shape index (κ3) is 6.62. The first kappa shape index (κ1) is 30.9. The van der Waals surface area contributed by atoms with E-state index in [0.717, 1.165) is 28.1 Å². The number of ether oxygens (including phenoxy) is 2. The molecule has 1 aromatic heterocycles. The summed E-state index contributed by atoms with van der Waals surface area (Å²) >= 11 is 0. The Morgan fingerprint density at radius 2 is 1.83 bits per heavy atom. The van der Waals surface area contributed by atoms with Crippen molar-refractivity contribution in [2.45, 2.75) is 44.9 Å². The number of nitrogens with zero attached hydrogens (tertiary/aromatic N) is 3. The molecule has 0 radical (unpaired) electrons. The highest BCUT2D eigenvalue weighted by Crippen LogP contribution is 2.29. The van der Waals surface area contributed by atoms with Gasteiger partial charge in [0.2, 0.25) is 5.91 Å². The second-order valence-corrected chi connectivity index (χ2v) is 11.6. The van der Waals surface area contributed by atoms with Gasteiger partial charge in [-0.2, -0.15) is 0 Å². The zero-order valence-corrected chi connectivity index (χ0v) is 26.0. The van der Waals surface area contributed by atoms with Crippen LogP contribution in [0.1, 0.15) is 51.1 Å². The topological polar surface area (TPSA) is 105 Å². The van der Waals surface area contributed by atoms with Gasteiger partial charge in [0, 0.05) is 59.0 Å². The van der Waals surface area contributed by atoms with Crippen LogP contribution in [0.5, 0.6) is 11.5 Å². The molecule has 236 valence electrons. The lowest BCUT2D eigenvalue weighted by Crippen LogP contribution is -2.55. The van der Waals surface area contributed by atoms with Crippen LogP contribution in [0, 0.1) is 12.7 Å². The van der Waals surface area contributed by atoms with E-state index in [1.807, 2.05) is 42.2 Å². The minimum absolute atomic E-state index is 0.132. The average molecular weight is 622 g/mol. The number of piperidine rings is 1. The molecule has 2 N–H and O–H groups in total. The standard InChI is InChI=1S/C36H36FN5O4/c1-22-17-23(15-16-38-22)34-29-18-24(7-8-25(29)19-39-34)35(43)41-27-11-14-32(36(44)40-26-9-12-28(45-2)13-10-26)42(20-27)21-30-31(37)5-4-6-33(30)46-3/h4-10,12-13,15-18,27,32H,11,14,19-21H2,1-3H3,(H,40,44)(H,41,43)/t27-,32+/m1/s1. The number of likely N-dealkylation sites (tertiary alicyclic amines) is 1. The highest BCUT2D eigenvalue weighted by atomic mass is 19.1. The van der Waals surface area contributed by atoms with E-state index >= 15 is 4.39 Å². The summed E-state index contributed by atoms with van der Waals surface area (Å²) in [5.74, 6) is 0.249. The predicted octanol–water partition coefficient (Wildman–Crippen LogP) is 5.30. The van der Waals surface area contributed by atoms with E-state index in [1.54, 1.807) is 49.7 Å². The molecule has 2 aliphatic rings. The minimum atomic E-state index is -0.554. The predicted molar refractivity (Wildman–Crippen MR) is 174 cm³/mol. The molecule has 6 rings (SSSR count). The number of carbonyl (C=O) groups is 2. The van der Waals surface area contributed by atoms with Crippen molar-refractivity contribution in [1.82, 2.24) is 15.2 Å². The number of halogens is 1. The number of anilines is 1. The van der Waals surface area contributed by atoms with E-state index in [-0.39, 0.29) is 24.4 Å². The normalized spacial score (nSPS) is 17.5. The van der Waals surface area contributed by atoms with Crippen molar-refractivity contribution in [2.75, 3.05) is 26.1 Å². The number of hydrogen-bond acceptors (Lipinski definition) is 7. The van der Waals surface area contributed by atoms with Gasteiger partial charge in [0.15, 0.2) is 0 Å². The first-order chi connectivity index (χ1) is 22.3. The highest BCUT2D eigenvalue weighted by molar-refractivity contribution is 6.16. The summed E-state index contributed by atoms with van der Waals surface area (Å²) < 4.78 is 25.7. The van der Waals surface area contributed by atoms with Crippen molar-refractivity contribution in [2.24, 2.45) is 4.99 Å². The Hall–Kier alpha value is -5.09. The summed E-state index contributed by atoms with van der Waals surface area (Å²) in [5.41, 5.74) is 6.23. The Bertz CT molecular complexity index is 1790. The van der Waals surface area contributed by atoms with Crippen LogP contribution in [0.4, 0.5) is 10.1 Å². The lowest BCUT2D eigenvalue weighted by Gasteiger charge is -2.39. The Kier molecular flexibility index (Phi) is 9.07. The molecule has 4 aromatic rings. The monoisotopic (exact) mass is 621 g/mol. The zero-order chi connectivity index (χ0) is 32.2. The first-order valence-electron chi connectivity index (χ1n) is 15.2. The van der Waals surface area contributed by atoms with Crippen LogP contribution in [0.2, 0.25) is 0 Å². The average Bonchev–Trinajstić information content (AvgIpc) is 3.49.